The van der Waals surface area contributed by atoms with E-state index in [0.29, 0.717) is 18.5 Å². The molecule has 0 spiro atoms. The number of aromatic nitrogens is 4. The zero-order valence-corrected chi connectivity index (χ0v) is 19.6. The molecule has 5 rings (SSSR count). The van der Waals surface area contributed by atoms with Gasteiger partial charge in [0.2, 0.25) is 0 Å². The highest BCUT2D eigenvalue weighted by Gasteiger charge is 2.53. The van der Waals surface area contributed by atoms with Crippen LogP contribution in [-0.4, -0.2) is 31.0 Å². The fourth-order valence-electron chi connectivity index (χ4n) is 5.93. The van der Waals surface area contributed by atoms with Gasteiger partial charge in [-0.3, -0.25) is 14.6 Å². The van der Waals surface area contributed by atoms with E-state index in [-0.39, 0.29) is 58.8 Å². The second-order valence-electron chi connectivity index (χ2n) is 9.80. The number of nitrogens with one attached hydrogen (secondary N) is 2. The van der Waals surface area contributed by atoms with Gasteiger partial charge in [0.25, 0.3) is 5.91 Å². The Bertz CT molecular complexity index is 1410. The molecule has 5 N–H and O–H groups in total. The highest BCUT2D eigenvalue weighted by Crippen LogP contribution is 2.58. The van der Waals surface area contributed by atoms with Gasteiger partial charge < -0.3 is 16.2 Å². The quantitative estimate of drug-likeness (QED) is 0.388. The topological polar surface area (TPSA) is 146 Å². The number of anilines is 2. The third-order valence-electron chi connectivity index (χ3n) is 7.53. The average molecular weight is 517 g/mol. The van der Waals surface area contributed by atoms with Crippen LogP contribution in [0.5, 0.6) is 0 Å². The monoisotopic (exact) mass is 517 g/mol. The minimum atomic E-state index is -4.68. The second-order valence-corrected chi connectivity index (χ2v) is 9.80. The van der Waals surface area contributed by atoms with E-state index in [0.717, 1.165) is 12.3 Å². The maximum absolute atomic E-state index is 13.7. The number of aryl methyl sites for hydroxylation is 1. The number of nitrogens with zero attached hydrogens (tertiary/aromatic N) is 4. The lowest BCUT2D eigenvalue weighted by atomic mass is 9.87. The van der Waals surface area contributed by atoms with E-state index >= 15 is 0 Å². The first-order valence-electron chi connectivity index (χ1n) is 11.6. The molecule has 0 aliphatic heterocycles. The van der Waals surface area contributed by atoms with Crippen LogP contribution in [0.2, 0.25) is 0 Å². The average Bonchev–Trinajstić information content (AvgIpc) is 3.57. The molecule has 3 aromatic rings. The standard InChI is InChI=1S/C24H23F4N7O2/c1-35-21(30)18(22(36)32-15-2-3-17(25)14(6-15)9-29)19(34-35)11-4-12-7-23(37,8-13(12)5-11)16-10-31-33-20(16)24(26,27)28/h2-3,6,10-13,37H,4-5,7-8,30H2,1H3,(H,31,33)(H,32,36). The molecule has 9 nitrogen and oxygen atoms in total. The molecule has 2 fully saturated rings. The van der Waals surface area contributed by atoms with E-state index in [2.05, 4.69) is 20.6 Å². The molecule has 37 heavy (non-hydrogen) atoms. The first-order valence-corrected chi connectivity index (χ1v) is 11.6. The molecule has 13 heteroatoms. The summed E-state index contributed by atoms with van der Waals surface area (Å²) in [4.78, 5) is 13.2. The summed E-state index contributed by atoms with van der Waals surface area (Å²) in [6, 6.07) is 5.33. The number of amides is 1. The van der Waals surface area contributed by atoms with Crippen LogP contribution < -0.4 is 11.1 Å². The third kappa shape index (κ3) is 4.21. The number of nitrogens with two attached hydrogens (primary N) is 1. The number of hydrogen-bond donors (Lipinski definition) is 4. The molecule has 2 atom stereocenters. The van der Waals surface area contributed by atoms with Gasteiger partial charge in [0.15, 0.2) is 5.69 Å². The fourth-order valence-corrected chi connectivity index (χ4v) is 5.93. The zero-order chi connectivity index (χ0) is 26.7. The van der Waals surface area contributed by atoms with Gasteiger partial charge in [0, 0.05) is 30.4 Å². The van der Waals surface area contributed by atoms with Crippen molar-refractivity contribution in [3.05, 3.63) is 58.3 Å². The molecule has 2 aromatic heterocycles. The van der Waals surface area contributed by atoms with Crippen LogP contribution in [0.3, 0.4) is 0 Å². The molecule has 1 amide bonds. The first-order chi connectivity index (χ1) is 17.4. The minimum absolute atomic E-state index is 0.0830. The molecule has 194 valence electrons. The second kappa shape index (κ2) is 8.58. The molecule has 2 unspecified atom stereocenters. The van der Waals surface area contributed by atoms with Crippen molar-refractivity contribution in [2.45, 2.75) is 43.4 Å². The van der Waals surface area contributed by atoms with Crippen molar-refractivity contribution in [1.29, 1.82) is 5.26 Å². The van der Waals surface area contributed by atoms with Gasteiger partial charge in [-0.1, -0.05) is 0 Å². The number of nitriles is 1. The number of aliphatic hydroxyl groups is 1. The van der Waals surface area contributed by atoms with Crippen LogP contribution in [0.4, 0.5) is 29.1 Å². The summed E-state index contributed by atoms with van der Waals surface area (Å²) >= 11 is 0. The lowest BCUT2D eigenvalue weighted by Crippen LogP contribution is -2.26. The zero-order valence-electron chi connectivity index (χ0n) is 19.6. The van der Waals surface area contributed by atoms with Crippen molar-refractivity contribution in [2.24, 2.45) is 18.9 Å². The Morgan fingerprint density at radius 1 is 1.32 bits per heavy atom. The summed E-state index contributed by atoms with van der Waals surface area (Å²) in [5, 5.41) is 32.8. The molecular weight excluding hydrogens is 494 g/mol. The van der Waals surface area contributed by atoms with Crippen molar-refractivity contribution in [1.82, 2.24) is 20.0 Å². The summed E-state index contributed by atoms with van der Waals surface area (Å²) in [6.45, 7) is 0. The van der Waals surface area contributed by atoms with Crippen LogP contribution in [-0.2, 0) is 18.8 Å². The summed E-state index contributed by atoms with van der Waals surface area (Å²) in [6.07, 6.45) is -2.29. The smallest absolute Gasteiger partial charge is 0.385 e. The van der Waals surface area contributed by atoms with Gasteiger partial charge >= 0.3 is 6.18 Å². The van der Waals surface area contributed by atoms with Crippen molar-refractivity contribution >= 4 is 17.4 Å². The Morgan fingerprint density at radius 2 is 2.00 bits per heavy atom. The number of rotatable bonds is 4. The molecule has 0 bridgehead atoms. The van der Waals surface area contributed by atoms with Crippen molar-refractivity contribution in [3.8, 4) is 6.07 Å². The van der Waals surface area contributed by atoms with Gasteiger partial charge in [-0.25, -0.2) is 4.39 Å². The molecule has 2 aliphatic carbocycles. The van der Waals surface area contributed by atoms with E-state index in [1.807, 2.05) is 0 Å². The number of halogens is 4. The van der Waals surface area contributed by atoms with E-state index < -0.39 is 29.2 Å². The Hall–Kier alpha value is -3.92. The fraction of sp³-hybridized carbons (Fsp3) is 0.417. The summed E-state index contributed by atoms with van der Waals surface area (Å²) < 4.78 is 55.1. The van der Waals surface area contributed by atoms with Crippen LogP contribution in [0.25, 0.3) is 0 Å². The lowest BCUT2D eigenvalue weighted by Gasteiger charge is -2.25. The Kier molecular flexibility index (Phi) is 5.74. The summed E-state index contributed by atoms with van der Waals surface area (Å²) in [5.74, 6) is -1.52. The summed E-state index contributed by atoms with van der Waals surface area (Å²) in [7, 11) is 1.59. The van der Waals surface area contributed by atoms with Crippen LogP contribution in [0, 0.1) is 29.0 Å². The normalized spacial score (nSPS) is 25.2. The Balaban J connectivity index is 1.36. The maximum atomic E-state index is 13.7. The molecule has 1 aromatic carbocycles. The Labute approximate surface area is 208 Å². The number of benzene rings is 1. The van der Waals surface area contributed by atoms with Gasteiger partial charge in [-0.05, 0) is 55.7 Å². The third-order valence-corrected chi connectivity index (χ3v) is 7.53. The summed E-state index contributed by atoms with van der Waals surface area (Å²) in [5.41, 5.74) is 3.75. The van der Waals surface area contributed by atoms with E-state index in [4.69, 9.17) is 11.0 Å². The number of fused-ring (bicyclic) bond motifs is 1. The highest BCUT2D eigenvalue weighted by atomic mass is 19.4. The lowest BCUT2D eigenvalue weighted by molar-refractivity contribution is -0.144. The molecule has 2 heterocycles. The Morgan fingerprint density at radius 3 is 2.62 bits per heavy atom. The van der Waals surface area contributed by atoms with Gasteiger partial charge in [0.1, 0.15) is 23.3 Å². The number of carbonyl (C=O) groups excluding carboxylic acids is 1. The van der Waals surface area contributed by atoms with Crippen molar-refractivity contribution < 1.29 is 27.5 Å². The van der Waals surface area contributed by atoms with E-state index in [1.54, 1.807) is 13.1 Å². The predicted molar refractivity (Wildman–Crippen MR) is 122 cm³/mol. The van der Waals surface area contributed by atoms with E-state index in [9.17, 15) is 27.5 Å². The van der Waals surface area contributed by atoms with Crippen LogP contribution in [0.15, 0.2) is 24.4 Å². The maximum Gasteiger partial charge on any atom is 0.435 e. The minimum Gasteiger partial charge on any atom is -0.385 e. The molecular formula is C24H23F4N7O2. The number of alkyl halides is 3. The number of aromatic amines is 1. The molecule has 2 aliphatic rings. The predicted octanol–water partition coefficient (Wildman–Crippen LogP) is 3.80. The number of nitrogen functional groups attached to an aromatic ring is 1. The molecule has 2 saturated carbocycles. The molecule has 0 radical (unpaired) electrons. The number of H-pyrrole nitrogens is 1. The van der Waals surface area contributed by atoms with Crippen molar-refractivity contribution in [3.63, 3.8) is 0 Å². The van der Waals surface area contributed by atoms with Gasteiger partial charge in [-0.2, -0.15) is 28.6 Å². The van der Waals surface area contributed by atoms with Gasteiger partial charge in [-0.15, -0.1) is 0 Å². The SMILES string of the molecule is Cn1nc(C2CC3CC(O)(c4c[nH]nc4C(F)(F)F)CC3C2)c(C(=O)Nc2ccc(F)c(C#N)c2)c1N. The van der Waals surface area contributed by atoms with Gasteiger partial charge in [0.05, 0.1) is 16.9 Å². The number of carbonyl (C=O) groups is 1. The highest BCUT2D eigenvalue weighted by molar-refractivity contribution is 6.08. The largest absolute Gasteiger partial charge is 0.435 e. The van der Waals surface area contributed by atoms with E-state index in [1.165, 1.54) is 16.8 Å². The van der Waals surface area contributed by atoms with Crippen LogP contribution in [0.1, 0.15) is 64.5 Å². The molecule has 0 saturated heterocycles. The van der Waals surface area contributed by atoms with Crippen molar-refractivity contribution in [2.75, 3.05) is 11.1 Å². The number of hydrogen-bond acceptors (Lipinski definition) is 6. The first kappa shape index (κ1) is 24.8. The van der Waals surface area contributed by atoms with Crippen LogP contribution >= 0.6 is 0 Å².